The number of unbranched alkanes of at least 4 members (excludes halogenated alkanes) is 1. The topological polar surface area (TPSA) is 39.7 Å². The van der Waals surface area contributed by atoms with E-state index in [-0.39, 0.29) is 0 Å². The smallest absolute Gasteiger partial charge is 0.191 e. The molecule has 0 radical (unpaired) electrons. The van der Waals surface area contributed by atoms with Crippen molar-refractivity contribution in [3.05, 3.63) is 35.9 Å². The quantitative estimate of drug-likeness (QED) is 0.365. The maximum atomic E-state index is 4.35. The highest BCUT2D eigenvalue weighted by atomic mass is 32.2. The fourth-order valence-electron chi connectivity index (χ4n) is 2.79. The molecule has 0 bridgehead atoms. The minimum absolute atomic E-state index is 0.358. The largest absolute Gasteiger partial charge is 0.356 e. The highest BCUT2D eigenvalue weighted by Gasteiger charge is 2.17. The minimum Gasteiger partial charge on any atom is -0.356 e. The zero-order chi connectivity index (χ0) is 17.6. The van der Waals surface area contributed by atoms with Gasteiger partial charge in [0.05, 0.1) is 6.04 Å². The summed E-state index contributed by atoms with van der Waals surface area (Å²) in [7, 11) is 1.84. The van der Waals surface area contributed by atoms with Crippen LogP contribution in [-0.4, -0.2) is 56.1 Å². The number of nitrogens with zero attached hydrogens (tertiary/aromatic N) is 2. The fraction of sp³-hybridized carbons (Fsp3) is 0.632. The van der Waals surface area contributed by atoms with Crippen LogP contribution in [-0.2, 0) is 0 Å². The van der Waals surface area contributed by atoms with Gasteiger partial charge in [-0.25, -0.2) is 0 Å². The molecule has 2 N–H and O–H groups in total. The van der Waals surface area contributed by atoms with Crippen molar-refractivity contribution < 1.29 is 0 Å². The van der Waals surface area contributed by atoms with Gasteiger partial charge in [-0.2, -0.15) is 11.8 Å². The van der Waals surface area contributed by atoms with E-state index in [9.17, 15) is 0 Å². The van der Waals surface area contributed by atoms with Crippen molar-refractivity contribution in [3.63, 3.8) is 0 Å². The van der Waals surface area contributed by atoms with E-state index < -0.39 is 0 Å². The van der Waals surface area contributed by atoms with Gasteiger partial charge in [0, 0.05) is 20.1 Å². The Bertz CT molecular complexity index is 446. The zero-order valence-corrected chi connectivity index (χ0v) is 16.5. The molecule has 0 heterocycles. The first-order chi connectivity index (χ1) is 11.8. The van der Waals surface area contributed by atoms with Crippen LogP contribution in [0.25, 0.3) is 0 Å². The van der Waals surface area contributed by atoms with Gasteiger partial charge in [-0.3, -0.25) is 9.89 Å². The van der Waals surface area contributed by atoms with Crippen LogP contribution in [0, 0.1) is 0 Å². The molecule has 0 aromatic heterocycles. The van der Waals surface area contributed by atoms with Gasteiger partial charge in [0.15, 0.2) is 5.96 Å². The predicted molar refractivity (Wildman–Crippen MR) is 109 cm³/mol. The minimum atomic E-state index is 0.358. The lowest BCUT2D eigenvalue weighted by Gasteiger charge is -2.30. The van der Waals surface area contributed by atoms with E-state index in [4.69, 9.17) is 0 Å². The van der Waals surface area contributed by atoms with Crippen molar-refractivity contribution in [1.82, 2.24) is 15.5 Å². The summed E-state index contributed by atoms with van der Waals surface area (Å²) in [5, 5.41) is 6.92. The summed E-state index contributed by atoms with van der Waals surface area (Å²) in [5.74, 6) is 2.12. The van der Waals surface area contributed by atoms with Crippen molar-refractivity contribution in [3.8, 4) is 0 Å². The average Bonchev–Trinajstić information content (AvgIpc) is 2.63. The molecule has 136 valence electrons. The zero-order valence-electron chi connectivity index (χ0n) is 15.7. The maximum Gasteiger partial charge on any atom is 0.191 e. The molecule has 0 aliphatic rings. The maximum absolute atomic E-state index is 4.35. The number of guanidine groups is 1. The first kappa shape index (κ1) is 20.8. The molecule has 0 aliphatic heterocycles. The summed E-state index contributed by atoms with van der Waals surface area (Å²) in [6.45, 7) is 8.35. The van der Waals surface area contributed by atoms with E-state index in [0.717, 1.165) is 32.1 Å². The van der Waals surface area contributed by atoms with Crippen LogP contribution in [0.3, 0.4) is 0 Å². The van der Waals surface area contributed by atoms with Gasteiger partial charge in [-0.05, 0) is 43.5 Å². The number of benzene rings is 1. The van der Waals surface area contributed by atoms with Gasteiger partial charge in [0.1, 0.15) is 0 Å². The van der Waals surface area contributed by atoms with Gasteiger partial charge < -0.3 is 10.6 Å². The SMILES string of the molecule is CCN(CC)C(CNC(=NC)NCCCCSC)c1ccccc1. The Kier molecular flexibility index (Phi) is 11.4. The molecule has 0 amide bonds. The summed E-state index contributed by atoms with van der Waals surface area (Å²) < 4.78 is 0. The highest BCUT2D eigenvalue weighted by Crippen LogP contribution is 2.19. The Morgan fingerprint density at radius 2 is 1.83 bits per heavy atom. The van der Waals surface area contributed by atoms with Crippen LogP contribution in [0.1, 0.15) is 38.3 Å². The monoisotopic (exact) mass is 350 g/mol. The lowest BCUT2D eigenvalue weighted by molar-refractivity contribution is 0.219. The van der Waals surface area contributed by atoms with Crippen LogP contribution in [0.15, 0.2) is 35.3 Å². The van der Waals surface area contributed by atoms with E-state index in [0.29, 0.717) is 6.04 Å². The average molecular weight is 351 g/mol. The molecule has 1 aromatic carbocycles. The molecule has 5 heteroatoms. The molecule has 0 aliphatic carbocycles. The summed E-state index contributed by atoms with van der Waals surface area (Å²) in [5.41, 5.74) is 1.35. The van der Waals surface area contributed by atoms with Crippen LogP contribution in [0.2, 0.25) is 0 Å². The molecule has 0 spiro atoms. The number of aliphatic imine (C=N–C) groups is 1. The Labute approximate surface area is 152 Å². The van der Waals surface area contributed by atoms with Gasteiger partial charge in [0.2, 0.25) is 0 Å². The first-order valence-corrected chi connectivity index (χ1v) is 10.4. The van der Waals surface area contributed by atoms with Crippen LogP contribution in [0.5, 0.6) is 0 Å². The number of hydrogen-bond donors (Lipinski definition) is 2. The second kappa shape index (κ2) is 13.1. The summed E-state index contributed by atoms with van der Waals surface area (Å²) in [6.07, 6.45) is 4.59. The number of rotatable bonds is 11. The predicted octanol–water partition coefficient (Wildman–Crippen LogP) is 3.38. The van der Waals surface area contributed by atoms with Crippen LogP contribution in [0.4, 0.5) is 0 Å². The Balaban J connectivity index is 2.56. The summed E-state index contributed by atoms with van der Waals surface area (Å²) >= 11 is 1.91. The standard InChI is InChI=1S/C19H34N4S/c1-5-23(6-2)18(17-12-8-7-9-13-17)16-22-19(20-3)21-14-10-11-15-24-4/h7-9,12-13,18H,5-6,10-11,14-16H2,1-4H3,(H2,20,21,22). The molecule has 1 rings (SSSR count). The van der Waals surface area contributed by atoms with E-state index >= 15 is 0 Å². The van der Waals surface area contributed by atoms with Crippen molar-refractivity contribution >= 4 is 17.7 Å². The Morgan fingerprint density at radius 3 is 2.42 bits per heavy atom. The molecule has 0 saturated carbocycles. The van der Waals surface area contributed by atoms with Crippen molar-refractivity contribution in [2.24, 2.45) is 4.99 Å². The molecule has 1 aromatic rings. The van der Waals surface area contributed by atoms with Gasteiger partial charge in [-0.15, -0.1) is 0 Å². The number of nitrogens with one attached hydrogen (secondary N) is 2. The lowest BCUT2D eigenvalue weighted by Crippen LogP contribution is -2.43. The third-order valence-corrected chi connectivity index (χ3v) is 4.89. The van der Waals surface area contributed by atoms with Gasteiger partial charge in [-0.1, -0.05) is 44.2 Å². The van der Waals surface area contributed by atoms with Crippen molar-refractivity contribution in [2.45, 2.75) is 32.7 Å². The third kappa shape index (κ3) is 7.58. The number of hydrogen-bond acceptors (Lipinski definition) is 3. The highest BCUT2D eigenvalue weighted by molar-refractivity contribution is 7.98. The Morgan fingerprint density at radius 1 is 1.12 bits per heavy atom. The van der Waals surface area contributed by atoms with Crippen molar-refractivity contribution in [2.75, 3.05) is 45.2 Å². The molecule has 0 fully saturated rings. The third-order valence-electron chi connectivity index (χ3n) is 4.19. The molecule has 0 saturated heterocycles. The van der Waals surface area contributed by atoms with Crippen LogP contribution < -0.4 is 10.6 Å². The molecule has 1 atom stereocenters. The summed E-state index contributed by atoms with van der Waals surface area (Å²) in [4.78, 5) is 6.83. The lowest BCUT2D eigenvalue weighted by atomic mass is 10.1. The first-order valence-electron chi connectivity index (χ1n) is 8.99. The van der Waals surface area contributed by atoms with E-state index in [1.807, 2.05) is 18.8 Å². The molecule has 1 unspecified atom stereocenters. The van der Waals surface area contributed by atoms with Crippen LogP contribution >= 0.6 is 11.8 Å². The van der Waals surface area contributed by atoms with E-state index in [2.05, 4.69) is 71.0 Å². The number of thioether (sulfide) groups is 1. The second-order valence-corrected chi connectivity index (χ2v) is 6.71. The van der Waals surface area contributed by atoms with Crippen molar-refractivity contribution in [1.29, 1.82) is 0 Å². The molecule has 4 nitrogen and oxygen atoms in total. The summed E-state index contributed by atoms with van der Waals surface area (Å²) in [6, 6.07) is 11.1. The normalized spacial score (nSPS) is 13.1. The molecular formula is C19H34N4S. The van der Waals surface area contributed by atoms with Gasteiger partial charge in [0.25, 0.3) is 0 Å². The van der Waals surface area contributed by atoms with E-state index in [1.54, 1.807) is 0 Å². The Hall–Kier alpha value is -1.20. The molecule has 24 heavy (non-hydrogen) atoms. The molecular weight excluding hydrogens is 316 g/mol. The second-order valence-electron chi connectivity index (χ2n) is 5.73. The number of likely N-dealkylation sites (N-methyl/N-ethyl adjacent to an activating group) is 1. The fourth-order valence-corrected chi connectivity index (χ4v) is 3.28. The van der Waals surface area contributed by atoms with Gasteiger partial charge >= 0.3 is 0 Å². The van der Waals surface area contributed by atoms with E-state index in [1.165, 1.54) is 24.2 Å².